The van der Waals surface area contributed by atoms with Crippen molar-refractivity contribution in [2.75, 3.05) is 6.61 Å². The number of aliphatic hydroxyl groups excluding tert-OH is 3. The van der Waals surface area contributed by atoms with Gasteiger partial charge < -0.3 is 30.5 Å². The molecule has 0 aromatic heterocycles. The molecule has 5 unspecified atom stereocenters. The monoisotopic (exact) mass is 417 g/mol. The van der Waals surface area contributed by atoms with Gasteiger partial charge in [-0.3, -0.25) is 4.79 Å². The number of carbonyl (C=O) groups is 2. The highest BCUT2D eigenvalue weighted by molar-refractivity contribution is 5.83. The first-order valence-electron chi connectivity index (χ1n) is 11.0. The second-order valence-corrected chi connectivity index (χ2v) is 8.07. The Morgan fingerprint density at radius 3 is 2.48 bits per heavy atom. The molecular formula is C21H39NO7. The lowest BCUT2D eigenvalue weighted by molar-refractivity contribution is -0.142. The number of amides is 1. The molecule has 0 saturated carbocycles. The van der Waals surface area contributed by atoms with Gasteiger partial charge in [0.05, 0.1) is 31.0 Å². The second-order valence-electron chi connectivity index (χ2n) is 8.07. The molecule has 170 valence electrons. The lowest BCUT2D eigenvalue weighted by Crippen LogP contribution is -2.43. The normalized spacial score (nSPS) is 23.7. The van der Waals surface area contributed by atoms with E-state index in [9.17, 15) is 19.8 Å². The summed E-state index contributed by atoms with van der Waals surface area (Å²) in [5.74, 6) is -1.62. The molecule has 0 bridgehead atoms. The smallest absolute Gasteiger partial charge is 0.328 e. The summed E-state index contributed by atoms with van der Waals surface area (Å²) in [6.07, 6.45) is 8.45. The average molecular weight is 418 g/mol. The summed E-state index contributed by atoms with van der Waals surface area (Å²) in [7, 11) is 0. The third-order valence-electron chi connectivity index (χ3n) is 5.47. The largest absolute Gasteiger partial charge is 0.480 e. The number of hydrogen-bond donors (Lipinski definition) is 5. The summed E-state index contributed by atoms with van der Waals surface area (Å²) >= 11 is 0. The Morgan fingerprint density at radius 2 is 1.83 bits per heavy atom. The van der Waals surface area contributed by atoms with Gasteiger partial charge in [-0.2, -0.15) is 0 Å². The highest BCUT2D eigenvalue weighted by Crippen LogP contribution is 2.28. The Labute approximate surface area is 173 Å². The van der Waals surface area contributed by atoms with Crippen LogP contribution in [-0.4, -0.2) is 69.4 Å². The number of carbonyl (C=O) groups excluding carboxylic acids is 1. The zero-order chi connectivity index (χ0) is 21.6. The zero-order valence-electron chi connectivity index (χ0n) is 17.6. The molecule has 5 N–H and O–H groups in total. The molecule has 1 fully saturated rings. The van der Waals surface area contributed by atoms with E-state index < -0.39 is 24.7 Å². The van der Waals surface area contributed by atoms with Crippen LogP contribution in [0.2, 0.25) is 0 Å². The van der Waals surface area contributed by atoms with Crippen molar-refractivity contribution in [3.8, 4) is 0 Å². The molecule has 1 aliphatic rings. The van der Waals surface area contributed by atoms with E-state index in [0.29, 0.717) is 19.3 Å². The van der Waals surface area contributed by atoms with Crippen molar-refractivity contribution in [1.82, 2.24) is 5.32 Å². The van der Waals surface area contributed by atoms with Gasteiger partial charge in [0, 0.05) is 12.8 Å². The van der Waals surface area contributed by atoms with Gasteiger partial charge in [-0.15, -0.1) is 0 Å². The first kappa shape index (κ1) is 25.8. The van der Waals surface area contributed by atoms with E-state index in [1.165, 1.54) is 0 Å². The van der Waals surface area contributed by atoms with Crippen LogP contribution in [0, 0.1) is 0 Å². The first-order chi connectivity index (χ1) is 13.9. The van der Waals surface area contributed by atoms with Crippen molar-refractivity contribution in [1.29, 1.82) is 0 Å². The van der Waals surface area contributed by atoms with E-state index in [2.05, 4.69) is 12.2 Å². The fourth-order valence-electron chi connectivity index (χ4n) is 3.66. The second kappa shape index (κ2) is 14.7. The van der Waals surface area contributed by atoms with Crippen LogP contribution >= 0.6 is 0 Å². The van der Waals surface area contributed by atoms with Gasteiger partial charge in [0.1, 0.15) is 6.04 Å². The SMILES string of the molecule is CCCCC(O)CCC1CC(O)C(CCCCCCC(=O)NC(CO)C(=O)O)O1. The molecule has 29 heavy (non-hydrogen) atoms. The highest BCUT2D eigenvalue weighted by atomic mass is 16.5. The van der Waals surface area contributed by atoms with Crippen LogP contribution in [0.15, 0.2) is 0 Å². The summed E-state index contributed by atoms with van der Waals surface area (Å²) in [5.41, 5.74) is 0. The molecule has 0 aromatic carbocycles. The molecule has 0 aliphatic carbocycles. The Bertz CT molecular complexity index is 474. The number of hydrogen-bond acceptors (Lipinski definition) is 6. The number of ether oxygens (including phenoxy) is 1. The quantitative estimate of drug-likeness (QED) is 0.241. The topological polar surface area (TPSA) is 136 Å². The maximum atomic E-state index is 11.6. The number of carboxylic acids is 1. The molecule has 0 aromatic rings. The van der Waals surface area contributed by atoms with Crippen molar-refractivity contribution >= 4 is 11.9 Å². The van der Waals surface area contributed by atoms with E-state index in [4.69, 9.17) is 14.9 Å². The number of rotatable bonds is 16. The Morgan fingerprint density at radius 1 is 1.10 bits per heavy atom. The Kier molecular flexibility index (Phi) is 13.1. The molecule has 5 atom stereocenters. The number of unbranched alkanes of at least 4 members (excludes halogenated alkanes) is 4. The lowest BCUT2D eigenvalue weighted by Gasteiger charge is -2.16. The van der Waals surface area contributed by atoms with Crippen LogP contribution < -0.4 is 5.32 Å². The van der Waals surface area contributed by atoms with Gasteiger partial charge in [-0.1, -0.05) is 39.0 Å². The fourth-order valence-corrected chi connectivity index (χ4v) is 3.66. The van der Waals surface area contributed by atoms with Crippen molar-refractivity contribution < 1.29 is 34.8 Å². The minimum absolute atomic E-state index is 0.0173. The van der Waals surface area contributed by atoms with E-state index >= 15 is 0 Å². The first-order valence-corrected chi connectivity index (χ1v) is 11.0. The van der Waals surface area contributed by atoms with Crippen molar-refractivity contribution in [2.45, 2.75) is 114 Å². The molecule has 1 heterocycles. The van der Waals surface area contributed by atoms with Crippen LogP contribution in [0.4, 0.5) is 0 Å². The van der Waals surface area contributed by atoms with Crippen molar-refractivity contribution in [2.24, 2.45) is 0 Å². The van der Waals surface area contributed by atoms with E-state index in [1.54, 1.807) is 0 Å². The van der Waals surface area contributed by atoms with Crippen molar-refractivity contribution in [3.63, 3.8) is 0 Å². The molecule has 1 rings (SSSR count). The minimum atomic E-state index is -1.25. The molecule has 1 aliphatic heterocycles. The van der Waals surface area contributed by atoms with Gasteiger partial charge in [0.2, 0.25) is 5.91 Å². The molecule has 8 heteroatoms. The maximum absolute atomic E-state index is 11.6. The molecule has 8 nitrogen and oxygen atoms in total. The number of nitrogens with one attached hydrogen (secondary N) is 1. The van der Waals surface area contributed by atoms with Crippen LogP contribution in [-0.2, 0) is 14.3 Å². The third kappa shape index (κ3) is 10.9. The van der Waals surface area contributed by atoms with Crippen molar-refractivity contribution in [3.05, 3.63) is 0 Å². The summed E-state index contributed by atoms with van der Waals surface area (Å²) < 4.78 is 5.95. The summed E-state index contributed by atoms with van der Waals surface area (Å²) in [6, 6.07) is -1.25. The minimum Gasteiger partial charge on any atom is -0.480 e. The number of carboxylic acid groups (broad SMARTS) is 1. The van der Waals surface area contributed by atoms with E-state index in [-0.39, 0.29) is 30.6 Å². The Hall–Kier alpha value is -1.22. The predicted octanol–water partition coefficient (Wildman–Crippen LogP) is 1.74. The molecule has 1 saturated heterocycles. The maximum Gasteiger partial charge on any atom is 0.328 e. The van der Waals surface area contributed by atoms with E-state index in [1.807, 2.05) is 0 Å². The summed E-state index contributed by atoms with van der Waals surface area (Å²) in [5, 5.41) is 40.1. The summed E-state index contributed by atoms with van der Waals surface area (Å²) in [6.45, 7) is 1.48. The average Bonchev–Trinajstić information content (AvgIpc) is 3.04. The van der Waals surface area contributed by atoms with Crippen LogP contribution in [0.1, 0.15) is 84.0 Å². The standard InChI is InChI=1S/C21H39NO7/c1-2-3-8-15(24)11-12-16-13-18(25)19(29-16)9-6-4-5-7-10-20(26)22-17(14-23)21(27)28/h15-19,23-25H,2-14H2,1H3,(H,22,26)(H,27,28). The summed E-state index contributed by atoms with van der Waals surface area (Å²) in [4.78, 5) is 22.4. The van der Waals surface area contributed by atoms with Gasteiger partial charge in [0.25, 0.3) is 0 Å². The van der Waals surface area contributed by atoms with Gasteiger partial charge >= 0.3 is 5.97 Å². The van der Waals surface area contributed by atoms with Crippen LogP contribution in [0.3, 0.4) is 0 Å². The van der Waals surface area contributed by atoms with Gasteiger partial charge in [0.15, 0.2) is 0 Å². The molecule has 1 amide bonds. The highest BCUT2D eigenvalue weighted by Gasteiger charge is 2.33. The van der Waals surface area contributed by atoms with Gasteiger partial charge in [-0.25, -0.2) is 4.79 Å². The Balaban J connectivity index is 2.09. The third-order valence-corrected chi connectivity index (χ3v) is 5.47. The number of aliphatic carboxylic acids is 1. The van der Waals surface area contributed by atoms with Crippen LogP contribution in [0.5, 0.6) is 0 Å². The van der Waals surface area contributed by atoms with Crippen LogP contribution in [0.25, 0.3) is 0 Å². The van der Waals surface area contributed by atoms with Gasteiger partial charge in [-0.05, 0) is 32.1 Å². The molecule has 0 radical (unpaired) electrons. The molecule has 0 spiro atoms. The van der Waals surface area contributed by atoms with E-state index in [0.717, 1.165) is 51.4 Å². The predicted molar refractivity (Wildman–Crippen MR) is 108 cm³/mol. The fraction of sp³-hybridized carbons (Fsp3) is 0.905. The zero-order valence-corrected chi connectivity index (χ0v) is 17.6. The lowest BCUT2D eigenvalue weighted by atomic mass is 10.0. The molecular weight excluding hydrogens is 378 g/mol. The number of aliphatic hydroxyl groups is 3.